The summed E-state index contributed by atoms with van der Waals surface area (Å²) >= 11 is 0. The first-order valence-electron chi connectivity index (χ1n) is 5.93. The van der Waals surface area contributed by atoms with Crippen LogP contribution in [-0.4, -0.2) is 24.8 Å². The fraction of sp³-hybridized carbons (Fsp3) is 0.429. The average molecular weight is 247 g/mol. The van der Waals surface area contributed by atoms with E-state index >= 15 is 0 Å². The first kappa shape index (κ1) is 12.6. The number of benzene rings is 1. The standard InChI is InChI=1S/C14H17NO3/c1-14(2)11(15-13(17)12(14)16)8-9-4-6-10(18-3)7-5-9/h4-7,11H,8H2,1-3H3,(H,15,17). The van der Waals surface area contributed by atoms with Crippen molar-refractivity contribution in [1.29, 1.82) is 0 Å². The first-order valence-corrected chi connectivity index (χ1v) is 5.93. The Labute approximate surface area is 106 Å². The first-order chi connectivity index (χ1) is 8.45. The summed E-state index contributed by atoms with van der Waals surface area (Å²) in [5.41, 5.74) is 0.431. The van der Waals surface area contributed by atoms with Gasteiger partial charge in [-0.2, -0.15) is 0 Å². The number of ether oxygens (including phenoxy) is 1. The maximum absolute atomic E-state index is 11.7. The molecule has 1 N–H and O–H groups in total. The van der Waals surface area contributed by atoms with Gasteiger partial charge in [0.25, 0.3) is 5.91 Å². The molecule has 4 heteroatoms. The van der Waals surface area contributed by atoms with Gasteiger partial charge in [0.15, 0.2) is 0 Å². The van der Waals surface area contributed by atoms with E-state index in [4.69, 9.17) is 4.74 Å². The van der Waals surface area contributed by atoms with E-state index in [1.165, 1.54) is 0 Å². The van der Waals surface area contributed by atoms with Crippen LogP contribution in [0.2, 0.25) is 0 Å². The predicted octanol–water partition coefficient (Wildman–Crippen LogP) is 1.33. The lowest BCUT2D eigenvalue weighted by Gasteiger charge is -2.23. The van der Waals surface area contributed by atoms with Crippen LogP contribution < -0.4 is 10.1 Å². The van der Waals surface area contributed by atoms with Crippen LogP contribution in [0.4, 0.5) is 0 Å². The molecule has 1 aromatic carbocycles. The van der Waals surface area contributed by atoms with Crippen molar-refractivity contribution in [2.75, 3.05) is 7.11 Å². The van der Waals surface area contributed by atoms with Crippen LogP contribution in [0.3, 0.4) is 0 Å². The molecule has 0 spiro atoms. The van der Waals surface area contributed by atoms with Crippen LogP contribution in [0.25, 0.3) is 0 Å². The maximum Gasteiger partial charge on any atom is 0.288 e. The van der Waals surface area contributed by atoms with Crippen LogP contribution >= 0.6 is 0 Å². The summed E-state index contributed by atoms with van der Waals surface area (Å²) in [6.07, 6.45) is 0.647. The van der Waals surface area contributed by atoms with E-state index in [0.29, 0.717) is 6.42 Å². The van der Waals surface area contributed by atoms with E-state index < -0.39 is 11.3 Å². The van der Waals surface area contributed by atoms with Gasteiger partial charge in [-0.05, 0) is 24.1 Å². The number of rotatable bonds is 3. The molecule has 1 amide bonds. The molecule has 0 aromatic heterocycles. The van der Waals surface area contributed by atoms with Gasteiger partial charge >= 0.3 is 0 Å². The van der Waals surface area contributed by atoms with Gasteiger partial charge in [0.2, 0.25) is 5.78 Å². The minimum absolute atomic E-state index is 0.147. The van der Waals surface area contributed by atoms with Gasteiger partial charge in [-0.3, -0.25) is 9.59 Å². The fourth-order valence-electron chi connectivity index (χ4n) is 2.16. The molecule has 1 unspecified atom stereocenters. The second-order valence-electron chi connectivity index (χ2n) is 5.13. The lowest BCUT2D eigenvalue weighted by atomic mass is 9.81. The molecule has 96 valence electrons. The minimum Gasteiger partial charge on any atom is -0.497 e. The summed E-state index contributed by atoms with van der Waals surface area (Å²) in [7, 11) is 1.62. The molecular weight excluding hydrogens is 230 g/mol. The Bertz CT molecular complexity index is 476. The van der Waals surface area contributed by atoms with E-state index in [0.717, 1.165) is 11.3 Å². The molecule has 1 atom stereocenters. The molecule has 0 bridgehead atoms. The molecular formula is C14H17NO3. The number of ketones is 1. The number of amides is 1. The highest BCUT2D eigenvalue weighted by Crippen LogP contribution is 2.30. The Morgan fingerprint density at radius 2 is 1.83 bits per heavy atom. The molecule has 1 fully saturated rings. The zero-order valence-corrected chi connectivity index (χ0v) is 10.8. The smallest absolute Gasteiger partial charge is 0.288 e. The largest absolute Gasteiger partial charge is 0.497 e. The number of methoxy groups -OCH3 is 1. The number of carbonyl (C=O) groups is 2. The molecule has 1 saturated heterocycles. The van der Waals surface area contributed by atoms with Crippen LogP contribution in [0, 0.1) is 5.41 Å². The van der Waals surface area contributed by atoms with Crippen molar-refractivity contribution < 1.29 is 14.3 Å². The van der Waals surface area contributed by atoms with E-state index in [9.17, 15) is 9.59 Å². The molecule has 0 aliphatic carbocycles. The van der Waals surface area contributed by atoms with Crippen molar-refractivity contribution in [2.24, 2.45) is 5.41 Å². The fourth-order valence-corrected chi connectivity index (χ4v) is 2.16. The second-order valence-corrected chi connectivity index (χ2v) is 5.13. The number of carbonyl (C=O) groups excluding carboxylic acids is 2. The molecule has 0 saturated carbocycles. The van der Waals surface area contributed by atoms with Crippen molar-refractivity contribution in [3.05, 3.63) is 29.8 Å². The monoisotopic (exact) mass is 247 g/mol. The van der Waals surface area contributed by atoms with E-state index in [-0.39, 0.29) is 11.8 Å². The molecule has 1 heterocycles. The van der Waals surface area contributed by atoms with Gasteiger partial charge in [0.1, 0.15) is 5.75 Å². The molecule has 2 rings (SSSR count). The van der Waals surface area contributed by atoms with Gasteiger partial charge < -0.3 is 10.1 Å². The minimum atomic E-state index is -0.642. The number of nitrogens with one attached hydrogen (secondary N) is 1. The van der Waals surface area contributed by atoms with Gasteiger partial charge in [0, 0.05) is 6.04 Å². The number of hydrogen-bond donors (Lipinski definition) is 1. The lowest BCUT2D eigenvalue weighted by Crippen LogP contribution is -2.36. The summed E-state index contributed by atoms with van der Waals surface area (Å²) in [6.45, 7) is 3.61. The van der Waals surface area contributed by atoms with E-state index in [1.807, 2.05) is 24.3 Å². The summed E-state index contributed by atoms with van der Waals surface area (Å²) in [6, 6.07) is 7.50. The van der Waals surface area contributed by atoms with E-state index in [2.05, 4.69) is 5.32 Å². The summed E-state index contributed by atoms with van der Waals surface area (Å²) in [4.78, 5) is 23.1. The average Bonchev–Trinajstić information content (AvgIpc) is 2.54. The molecule has 0 radical (unpaired) electrons. The predicted molar refractivity (Wildman–Crippen MR) is 67.4 cm³/mol. The summed E-state index contributed by atoms with van der Waals surface area (Å²) < 4.78 is 5.09. The van der Waals surface area contributed by atoms with Crippen LogP contribution in [0.5, 0.6) is 5.75 Å². The molecule has 1 aliphatic heterocycles. The summed E-state index contributed by atoms with van der Waals surface area (Å²) in [5.74, 6) is -0.0101. The second kappa shape index (κ2) is 4.44. The van der Waals surface area contributed by atoms with Crippen LogP contribution in [0.15, 0.2) is 24.3 Å². The highest BCUT2D eigenvalue weighted by atomic mass is 16.5. The molecule has 1 aliphatic rings. The number of Topliss-reactive ketones (excluding diaryl/α,β-unsaturated/α-hetero) is 1. The Hall–Kier alpha value is -1.84. The van der Waals surface area contributed by atoms with Gasteiger partial charge in [-0.1, -0.05) is 26.0 Å². The Morgan fingerprint density at radius 3 is 2.28 bits per heavy atom. The van der Waals surface area contributed by atoms with E-state index in [1.54, 1.807) is 21.0 Å². The lowest BCUT2D eigenvalue weighted by molar-refractivity contribution is -0.138. The van der Waals surface area contributed by atoms with Crippen LogP contribution in [-0.2, 0) is 16.0 Å². The Kier molecular flexibility index (Phi) is 3.11. The third-order valence-corrected chi connectivity index (χ3v) is 3.57. The zero-order chi connectivity index (χ0) is 13.3. The van der Waals surface area contributed by atoms with Gasteiger partial charge in [0.05, 0.1) is 12.5 Å². The van der Waals surface area contributed by atoms with Crippen molar-refractivity contribution in [1.82, 2.24) is 5.32 Å². The summed E-state index contributed by atoms with van der Waals surface area (Å²) in [5, 5.41) is 2.75. The maximum atomic E-state index is 11.7. The third-order valence-electron chi connectivity index (χ3n) is 3.57. The molecule has 4 nitrogen and oxygen atoms in total. The third kappa shape index (κ3) is 2.10. The highest BCUT2D eigenvalue weighted by Gasteiger charge is 2.47. The number of hydrogen-bond acceptors (Lipinski definition) is 3. The quantitative estimate of drug-likeness (QED) is 0.820. The zero-order valence-electron chi connectivity index (χ0n) is 10.8. The van der Waals surface area contributed by atoms with Crippen molar-refractivity contribution in [2.45, 2.75) is 26.3 Å². The normalized spacial score (nSPS) is 21.8. The molecule has 18 heavy (non-hydrogen) atoms. The highest BCUT2D eigenvalue weighted by molar-refractivity contribution is 6.40. The SMILES string of the molecule is COc1ccc(CC2NC(=O)C(=O)C2(C)C)cc1. The topological polar surface area (TPSA) is 55.4 Å². The van der Waals surface area contributed by atoms with Crippen molar-refractivity contribution >= 4 is 11.7 Å². The van der Waals surface area contributed by atoms with Gasteiger partial charge in [-0.15, -0.1) is 0 Å². The Morgan fingerprint density at radius 1 is 1.22 bits per heavy atom. The van der Waals surface area contributed by atoms with Crippen molar-refractivity contribution in [3.63, 3.8) is 0 Å². The Balaban J connectivity index is 2.14. The van der Waals surface area contributed by atoms with Gasteiger partial charge in [-0.25, -0.2) is 0 Å². The molecule has 1 aromatic rings. The van der Waals surface area contributed by atoms with Crippen LogP contribution in [0.1, 0.15) is 19.4 Å². The van der Waals surface area contributed by atoms with Crippen molar-refractivity contribution in [3.8, 4) is 5.75 Å².